The number of carboxylic acids is 1. The average Bonchev–Trinajstić information content (AvgIpc) is 2.39. The zero-order chi connectivity index (χ0) is 13.8. The summed E-state index contributed by atoms with van der Waals surface area (Å²) < 4.78 is 1.93. The molecule has 0 amide bonds. The van der Waals surface area contributed by atoms with E-state index in [4.69, 9.17) is 5.11 Å². The molecule has 0 aliphatic rings. The quantitative estimate of drug-likeness (QED) is 0.826. The summed E-state index contributed by atoms with van der Waals surface area (Å²) >= 11 is 0. The highest BCUT2D eigenvalue weighted by Crippen LogP contribution is 2.19. The third kappa shape index (κ3) is 3.19. The second kappa shape index (κ2) is 5.35. The van der Waals surface area contributed by atoms with Gasteiger partial charge in [-0.05, 0) is 23.3 Å². The Balaban J connectivity index is 2.26. The first-order chi connectivity index (χ1) is 9.06. The van der Waals surface area contributed by atoms with Crippen molar-refractivity contribution < 1.29 is 19.6 Å². The van der Waals surface area contributed by atoms with Crippen LogP contribution >= 0.6 is 0 Å². The molecule has 0 saturated heterocycles. The van der Waals surface area contributed by atoms with E-state index >= 15 is 0 Å². The highest BCUT2D eigenvalue weighted by atomic mass is 16.4. The predicted molar refractivity (Wildman–Crippen MR) is 71.6 cm³/mol. The molecular weight excluding hydrogens is 242 g/mol. The molecule has 2 rings (SSSR count). The Morgan fingerprint density at radius 1 is 1.11 bits per heavy atom. The summed E-state index contributed by atoms with van der Waals surface area (Å²) in [6.45, 7) is 0. The molecule has 2 N–H and O–H groups in total. The summed E-state index contributed by atoms with van der Waals surface area (Å²) in [4.78, 5) is 10.9. The Morgan fingerprint density at radius 2 is 1.74 bits per heavy atom. The zero-order valence-corrected chi connectivity index (χ0v) is 10.4. The van der Waals surface area contributed by atoms with Crippen LogP contribution in [0.4, 0.5) is 0 Å². The van der Waals surface area contributed by atoms with Crippen LogP contribution in [-0.2, 0) is 7.05 Å². The van der Waals surface area contributed by atoms with Gasteiger partial charge in [0, 0.05) is 12.1 Å². The van der Waals surface area contributed by atoms with Crippen molar-refractivity contribution in [3.63, 3.8) is 0 Å². The number of carbonyl (C=O) groups is 1. The van der Waals surface area contributed by atoms with Crippen LogP contribution in [0.15, 0.2) is 42.7 Å². The molecule has 96 valence electrons. The van der Waals surface area contributed by atoms with Crippen molar-refractivity contribution in [2.24, 2.45) is 7.05 Å². The summed E-state index contributed by atoms with van der Waals surface area (Å²) in [5.41, 5.74) is 1.65. The number of hydrogen-bond acceptors (Lipinski definition) is 2. The molecule has 2 aromatic rings. The van der Waals surface area contributed by atoms with Crippen molar-refractivity contribution in [2.75, 3.05) is 0 Å². The summed E-state index contributed by atoms with van der Waals surface area (Å²) in [5.74, 6) is -1.36. The van der Waals surface area contributed by atoms with Crippen molar-refractivity contribution in [1.29, 1.82) is 0 Å². The standard InChI is InChI=1S/C15H13NO3/c1-16-8-6-11(7-9-16)2-3-12-4-5-14(17)13(10-12)15(18)19/h2-10H,1H3,(H,18,19)/p+1. The minimum absolute atomic E-state index is 0.0957. The maximum Gasteiger partial charge on any atom is 0.339 e. The van der Waals surface area contributed by atoms with E-state index in [1.807, 2.05) is 42.2 Å². The molecule has 0 atom stereocenters. The van der Waals surface area contributed by atoms with Gasteiger partial charge in [-0.15, -0.1) is 0 Å². The topological polar surface area (TPSA) is 61.4 Å². The van der Waals surface area contributed by atoms with Gasteiger partial charge < -0.3 is 10.2 Å². The van der Waals surface area contributed by atoms with E-state index in [2.05, 4.69) is 0 Å². The molecule has 1 heterocycles. The van der Waals surface area contributed by atoms with E-state index in [1.165, 1.54) is 12.1 Å². The first-order valence-electron chi connectivity index (χ1n) is 5.76. The number of aromatic carboxylic acids is 1. The lowest BCUT2D eigenvalue weighted by molar-refractivity contribution is -0.671. The van der Waals surface area contributed by atoms with E-state index in [9.17, 15) is 9.90 Å². The molecule has 0 saturated carbocycles. The van der Waals surface area contributed by atoms with E-state index in [1.54, 1.807) is 12.1 Å². The minimum Gasteiger partial charge on any atom is -0.507 e. The van der Waals surface area contributed by atoms with Crippen LogP contribution in [0, 0.1) is 0 Å². The molecule has 0 aliphatic heterocycles. The number of benzene rings is 1. The molecule has 4 nitrogen and oxygen atoms in total. The molecule has 0 radical (unpaired) electrons. The number of aromatic hydroxyl groups is 1. The van der Waals surface area contributed by atoms with Crippen molar-refractivity contribution >= 4 is 18.1 Å². The van der Waals surface area contributed by atoms with Crippen molar-refractivity contribution in [2.45, 2.75) is 0 Å². The first kappa shape index (κ1) is 12.8. The molecule has 0 aliphatic carbocycles. The lowest BCUT2D eigenvalue weighted by Crippen LogP contribution is -2.25. The number of rotatable bonds is 3. The first-order valence-corrected chi connectivity index (χ1v) is 5.76. The Bertz CT molecular complexity index is 630. The Labute approximate surface area is 110 Å². The predicted octanol–water partition coefficient (Wildman–Crippen LogP) is 2.09. The monoisotopic (exact) mass is 256 g/mol. The van der Waals surface area contributed by atoms with Gasteiger partial charge in [-0.1, -0.05) is 18.2 Å². The maximum atomic E-state index is 10.9. The third-order valence-corrected chi connectivity index (χ3v) is 2.72. The summed E-state index contributed by atoms with van der Waals surface area (Å²) in [6, 6.07) is 8.40. The van der Waals surface area contributed by atoms with Gasteiger partial charge in [0.25, 0.3) is 0 Å². The van der Waals surface area contributed by atoms with Crippen LogP contribution in [0.1, 0.15) is 21.5 Å². The van der Waals surface area contributed by atoms with Crippen molar-refractivity contribution in [1.82, 2.24) is 0 Å². The fourth-order valence-electron chi connectivity index (χ4n) is 1.64. The van der Waals surface area contributed by atoms with Crippen molar-refractivity contribution in [3.05, 3.63) is 59.4 Å². The van der Waals surface area contributed by atoms with Crippen LogP contribution < -0.4 is 4.57 Å². The zero-order valence-electron chi connectivity index (χ0n) is 10.4. The van der Waals surface area contributed by atoms with Crippen molar-refractivity contribution in [3.8, 4) is 5.75 Å². The summed E-state index contributed by atoms with van der Waals surface area (Å²) in [6.07, 6.45) is 7.55. The number of aromatic nitrogens is 1. The van der Waals surface area contributed by atoms with Gasteiger partial charge in [0.1, 0.15) is 18.4 Å². The highest BCUT2D eigenvalue weighted by molar-refractivity contribution is 5.91. The highest BCUT2D eigenvalue weighted by Gasteiger charge is 2.08. The molecule has 0 spiro atoms. The smallest absolute Gasteiger partial charge is 0.339 e. The number of nitrogens with zero attached hydrogens (tertiary/aromatic N) is 1. The van der Waals surface area contributed by atoms with Gasteiger partial charge in [-0.2, -0.15) is 0 Å². The third-order valence-electron chi connectivity index (χ3n) is 2.72. The fourth-order valence-corrected chi connectivity index (χ4v) is 1.64. The molecule has 0 fully saturated rings. The lowest BCUT2D eigenvalue weighted by atomic mass is 10.1. The van der Waals surface area contributed by atoms with Gasteiger partial charge in [0.05, 0.1) is 0 Å². The Morgan fingerprint density at radius 3 is 2.37 bits per heavy atom. The van der Waals surface area contributed by atoms with Gasteiger partial charge in [-0.25, -0.2) is 9.36 Å². The number of aryl methyl sites for hydroxylation is 1. The normalized spacial score (nSPS) is 10.8. The minimum atomic E-state index is -1.14. The molecule has 1 aromatic carbocycles. The van der Waals surface area contributed by atoms with E-state index in [-0.39, 0.29) is 11.3 Å². The van der Waals surface area contributed by atoms with Gasteiger partial charge in [0.15, 0.2) is 12.4 Å². The number of phenols is 1. The number of pyridine rings is 1. The van der Waals surface area contributed by atoms with Gasteiger partial charge >= 0.3 is 5.97 Å². The molecule has 4 heteroatoms. The van der Waals surface area contributed by atoms with Gasteiger partial charge in [0.2, 0.25) is 0 Å². The summed E-state index contributed by atoms with van der Waals surface area (Å²) in [5, 5.41) is 18.3. The second-order valence-corrected chi connectivity index (χ2v) is 4.21. The number of carboxylic acid groups (broad SMARTS) is 1. The van der Waals surface area contributed by atoms with E-state index in [0.29, 0.717) is 0 Å². The molecular formula is C15H14NO3+. The molecule has 0 bridgehead atoms. The average molecular weight is 256 g/mol. The van der Waals surface area contributed by atoms with Gasteiger partial charge in [-0.3, -0.25) is 0 Å². The SMILES string of the molecule is C[n+]1ccc(/C=C/c2ccc(O)c(C(=O)O)c2)cc1. The Kier molecular flexibility index (Phi) is 3.61. The van der Waals surface area contributed by atoms with Crippen LogP contribution in [0.3, 0.4) is 0 Å². The van der Waals surface area contributed by atoms with Crippen LogP contribution in [-0.4, -0.2) is 16.2 Å². The van der Waals surface area contributed by atoms with E-state index in [0.717, 1.165) is 11.1 Å². The van der Waals surface area contributed by atoms with Crippen LogP contribution in [0.5, 0.6) is 5.75 Å². The van der Waals surface area contributed by atoms with Crippen LogP contribution in [0.2, 0.25) is 0 Å². The second-order valence-electron chi connectivity index (χ2n) is 4.21. The summed E-state index contributed by atoms with van der Waals surface area (Å²) in [7, 11) is 1.94. The molecule has 0 unspecified atom stereocenters. The molecule has 1 aromatic heterocycles. The largest absolute Gasteiger partial charge is 0.507 e. The van der Waals surface area contributed by atoms with Crippen LogP contribution in [0.25, 0.3) is 12.2 Å². The number of hydrogen-bond donors (Lipinski definition) is 2. The molecule has 19 heavy (non-hydrogen) atoms. The van der Waals surface area contributed by atoms with E-state index < -0.39 is 5.97 Å². The Hall–Kier alpha value is -2.62. The maximum absolute atomic E-state index is 10.9. The lowest BCUT2D eigenvalue weighted by Gasteiger charge is -2.00. The fraction of sp³-hybridized carbons (Fsp3) is 0.0667.